The smallest absolute Gasteiger partial charge is 0.118 e. The molecule has 0 bridgehead atoms. The molecule has 2 aromatic rings. The van der Waals surface area contributed by atoms with Gasteiger partial charge in [-0.1, -0.05) is 54.9 Å². The first-order chi connectivity index (χ1) is 7.74. The van der Waals surface area contributed by atoms with E-state index in [0.29, 0.717) is 10.8 Å². The molecule has 0 saturated carbocycles. The van der Waals surface area contributed by atoms with Gasteiger partial charge >= 0.3 is 0 Å². The van der Waals surface area contributed by atoms with Crippen LogP contribution in [-0.2, 0) is 6.42 Å². The predicted molar refractivity (Wildman–Crippen MR) is 68.9 cm³/mol. The van der Waals surface area contributed by atoms with E-state index in [-0.39, 0.29) is 0 Å². The van der Waals surface area contributed by atoms with Crippen molar-refractivity contribution < 1.29 is 5.11 Å². The molecule has 1 nitrogen and oxygen atoms in total. The molecule has 0 amide bonds. The van der Waals surface area contributed by atoms with Crippen molar-refractivity contribution in [3.8, 4) is 5.75 Å². The van der Waals surface area contributed by atoms with Gasteiger partial charge in [0.25, 0.3) is 0 Å². The zero-order valence-corrected chi connectivity index (χ0v) is 9.98. The molecule has 0 aromatic heterocycles. The van der Waals surface area contributed by atoms with E-state index in [1.807, 2.05) is 43.3 Å². The van der Waals surface area contributed by atoms with Gasteiger partial charge < -0.3 is 5.11 Å². The lowest BCUT2D eigenvalue weighted by Crippen LogP contribution is -1.79. The lowest BCUT2D eigenvalue weighted by molar-refractivity contribution is 0.469. The Kier molecular flexibility index (Phi) is 5.44. The van der Waals surface area contributed by atoms with Crippen LogP contribution in [0.1, 0.15) is 12.5 Å². The molecular formula is C14H15ClO. The number of benzene rings is 2. The number of halogens is 1. The summed E-state index contributed by atoms with van der Waals surface area (Å²) < 4.78 is 0. The summed E-state index contributed by atoms with van der Waals surface area (Å²) in [6, 6.07) is 17.1. The highest BCUT2D eigenvalue weighted by Gasteiger charge is 1.97. The zero-order valence-electron chi connectivity index (χ0n) is 9.23. The van der Waals surface area contributed by atoms with Crippen molar-refractivity contribution in [2.24, 2.45) is 0 Å². The molecule has 0 spiro atoms. The largest absolute Gasteiger partial charge is 0.508 e. The van der Waals surface area contributed by atoms with Gasteiger partial charge in [0.15, 0.2) is 0 Å². The Labute approximate surface area is 101 Å². The quantitative estimate of drug-likeness (QED) is 0.780. The summed E-state index contributed by atoms with van der Waals surface area (Å²) in [6.45, 7) is 1.98. The van der Waals surface area contributed by atoms with Crippen LogP contribution in [-0.4, -0.2) is 5.11 Å². The Balaban J connectivity index is 0.000000181. The first-order valence-electron chi connectivity index (χ1n) is 5.21. The fourth-order valence-corrected chi connectivity index (χ4v) is 1.42. The standard InChI is InChI=1S/C8H9ClO.C6H6/c1-2-6-5-7(9)3-4-8(6)10;1-2-4-6-5-3-1/h3-5,10H,2H2,1H3;1-6H. The Hall–Kier alpha value is -1.47. The molecule has 2 aromatic carbocycles. The second kappa shape index (κ2) is 6.91. The average Bonchev–Trinajstić information content (AvgIpc) is 2.35. The maximum Gasteiger partial charge on any atom is 0.118 e. The van der Waals surface area contributed by atoms with Crippen LogP contribution in [0.5, 0.6) is 5.75 Å². The molecule has 0 fully saturated rings. The Morgan fingerprint density at radius 1 is 1.00 bits per heavy atom. The van der Waals surface area contributed by atoms with E-state index in [0.717, 1.165) is 12.0 Å². The van der Waals surface area contributed by atoms with Crippen molar-refractivity contribution in [3.05, 3.63) is 65.2 Å². The number of rotatable bonds is 1. The Morgan fingerprint density at radius 3 is 1.88 bits per heavy atom. The minimum absolute atomic E-state index is 0.326. The Morgan fingerprint density at radius 2 is 1.50 bits per heavy atom. The topological polar surface area (TPSA) is 20.2 Å². The van der Waals surface area contributed by atoms with Gasteiger partial charge in [0.2, 0.25) is 0 Å². The summed E-state index contributed by atoms with van der Waals surface area (Å²) in [5, 5.41) is 9.85. The van der Waals surface area contributed by atoms with Gasteiger partial charge in [-0.15, -0.1) is 0 Å². The van der Waals surface area contributed by atoms with Gasteiger partial charge in [0.1, 0.15) is 5.75 Å². The summed E-state index contributed by atoms with van der Waals surface area (Å²) in [4.78, 5) is 0. The first-order valence-corrected chi connectivity index (χ1v) is 5.59. The van der Waals surface area contributed by atoms with Gasteiger partial charge in [0, 0.05) is 5.02 Å². The highest BCUT2D eigenvalue weighted by Crippen LogP contribution is 2.21. The van der Waals surface area contributed by atoms with E-state index in [9.17, 15) is 5.11 Å². The lowest BCUT2D eigenvalue weighted by atomic mass is 10.1. The van der Waals surface area contributed by atoms with Crippen molar-refractivity contribution in [1.29, 1.82) is 0 Å². The summed E-state index contributed by atoms with van der Waals surface area (Å²) >= 11 is 5.68. The minimum atomic E-state index is 0.326. The second-order valence-corrected chi connectivity index (χ2v) is 3.72. The number of aryl methyl sites for hydroxylation is 1. The summed E-state index contributed by atoms with van der Waals surface area (Å²) in [7, 11) is 0. The molecule has 0 aliphatic heterocycles. The summed E-state index contributed by atoms with van der Waals surface area (Å²) in [5.74, 6) is 0.326. The van der Waals surface area contributed by atoms with Crippen LogP contribution < -0.4 is 0 Å². The third-order valence-corrected chi connectivity index (χ3v) is 2.32. The number of hydrogen-bond donors (Lipinski definition) is 1. The van der Waals surface area contributed by atoms with Gasteiger partial charge in [0.05, 0.1) is 0 Å². The number of phenolic OH excluding ortho intramolecular Hbond substituents is 1. The first kappa shape index (κ1) is 12.6. The minimum Gasteiger partial charge on any atom is -0.508 e. The monoisotopic (exact) mass is 234 g/mol. The second-order valence-electron chi connectivity index (χ2n) is 3.28. The molecule has 0 unspecified atom stereocenters. The van der Waals surface area contributed by atoms with E-state index >= 15 is 0 Å². The maximum atomic E-state index is 9.18. The lowest BCUT2D eigenvalue weighted by Gasteiger charge is -1.99. The van der Waals surface area contributed by atoms with Gasteiger partial charge in [-0.2, -0.15) is 0 Å². The molecule has 0 aliphatic carbocycles. The zero-order chi connectivity index (χ0) is 11.8. The van der Waals surface area contributed by atoms with Crippen LogP contribution in [0.3, 0.4) is 0 Å². The van der Waals surface area contributed by atoms with Gasteiger partial charge in [-0.3, -0.25) is 0 Å². The van der Waals surface area contributed by atoms with Crippen LogP contribution in [0, 0.1) is 0 Å². The molecule has 1 N–H and O–H groups in total. The fraction of sp³-hybridized carbons (Fsp3) is 0.143. The molecule has 16 heavy (non-hydrogen) atoms. The third-order valence-electron chi connectivity index (χ3n) is 2.09. The highest BCUT2D eigenvalue weighted by atomic mass is 35.5. The normalized spacial score (nSPS) is 9.12. The molecule has 2 rings (SSSR count). The molecule has 84 valence electrons. The third kappa shape index (κ3) is 4.37. The van der Waals surface area contributed by atoms with Crippen LogP contribution >= 0.6 is 11.6 Å². The van der Waals surface area contributed by atoms with Crippen molar-refractivity contribution in [2.75, 3.05) is 0 Å². The van der Waals surface area contributed by atoms with Crippen molar-refractivity contribution in [1.82, 2.24) is 0 Å². The van der Waals surface area contributed by atoms with Crippen LogP contribution in [0.4, 0.5) is 0 Å². The van der Waals surface area contributed by atoms with E-state index in [1.165, 1.54) is 0 Å². The molecule has 0 atom stereocenters. The average molecular weight is 235 g/mol. The molecule has 0 radical (unpaired) electrons. The van der Waals surface area contributed by atoms with E-state index < -0.39 is 0 Å². The van der Waals surface area contributed by atoms with E-state index in [1.54, 1.807) is 18.2 Å². The number of hydrogen-bond acceptors (Lipinski definition) is 1. The van der Waals surface area contributed by atoms with Crippen molar-refractivity contribution in [3.63, 3.8) is 0 Å². The SMILES string of the molecule is CCc1cc(Cl)ccc1O.c1ccccc1. The van der Waals surface area contributed by atoms with Crippen LogP contribution in [0.2, 0.25) is 5.02 Å². The van der Waals surface area contributed by atoms with Gasteiger partial charge in [-0.05, 0) is 30.2 Å². The molecule has 0 aliphatic rings. The number of phenols is 1. The number of aromatic hydroxyl groups is 1. The Bertz CT molecular complexity index is 386. The van der Waals surface area contributed by atoms with E-state index in [2.05, 4.69) is 0 Å². The van der Waals surface area contributed by atoms with Crippen LogP contribution in [0.15, 0.2) is 54.6 Å². The van der Waals surface area contributed by atoms with Gasteiger partial charge in [-0.25, -0.2) is 0 Å². The highest BCUT2D eigenvalue weighted by molar-refractivity contribution is 6.30. The summed E-state index contributed by atoms with van der Waals surface area (Å²) in [6.07, 6.45) is 0.812. The van der Waals surface area contributed by atoms with Crippen molar-refractivity contribution in [2.45, 2.75) is 13.3 Å². The molecular weight excluding hydrogens is 220 g/mol. The molecule has 0 heterocycles. The van der Waals surface area contributed by atoms with Crippen molar-refractivity contribution >= 4 is 11.6 Å². The summed E-state index contributed by atoms with van der Waals surface area (Å²) in [5.41, 5.74) is 0.896. The van der Waals surface area contributed by atoms with Crippen LogP contribution in [0.25, 0.3) is 0 Å². The van der Waals surface area contributed by atoms with E-state index in [4.69, 9.17) is 11.6 Å². The molecule has 2 heteroatoms. The maximum absolute atomic E-state index is 9.18. The molecule has 0 saturated heterocycles. The predicted octanol–water partition coefficient (Wildman–Crippen LogP) is 4.29. The fourth-order valence-electron chi connectivity index (χ4n) is 1.22.